The molecule has 0 rings (SSSR count). The Kier molecular flexibility index (Phi) is 36.5. The zero-order valence-corrected chi connectivity index (χ0v) is 13.5. The van der Waals surface area contributed by atoms with Crippen molar-refractivity contribution in [1.82, 2.24) is 0 Å². The molecule has 0 unspecified atom stereocenters. The molecule has 0 N–H and O–H groups in total. The second-order valence-corrected chi connectivity index (χ2v) is 0.742. The van der Waals surface area contributed by atoms with E-state index in [1.807, 2.05) is 0 Å². The maximum absolute atomic E-state index is 8.89. The largest absolute Gasteiger partial charge is 2.00 e. The summed E-state index contributed by atoms with van der Waals surface area (Å²) in [6.45, 7) is 0.972. The van der Waals surface area contributed by atoms with Gasteiger partial charge in [0.1, 0.15) is 0 Å². The molecule has 10 heavy (non-hydrogen) atoms. The first-order valence-corrected chi connectivity index (χ1v) is 1.52. The molecule has 0 fully saturated rings. The van der Waals surface area contributed by atoms with Crippen molar-refractivity contribution >= 4 is 12.1 Å². The molecular weight excluding hydrogens is 341 g/mol. The molecule has 0 aliphatic carbocycles. The zero-order chi connectivity index (χ0) is 7.15. The smallest absolute Gasteiger partial charge is 0.652 e. The van der Waals surface area contributed by atoms with Crippen molar-refractivity contribution in [2.24, 2.45) is 0 Å². The van der Waals surface area contributed by atoms with Crippen molar-refractivity contribution in [3.8, 4) is 0 Å². The quantitative estimate of drug-likeness (QED) is 0.421. The maximum atomic E-state index is 8.89. The van der Waals surface area contributed by atoms with Crippen LogP contribution in [0, 0.1) is 0 Å². The molecule has 0 heterocycles. The Morgan fingerprint density at radius 2 is 1.00 bits per heavy atom. The van der Waals surface area contributed by atoms with Gasteiger partial charge >= 0.3 is 54.6 Å². The molecule has 0 aromatic carbocycles. The molecule has 0 aliphatic heterocycles. The number of aliphatic carboxylic acids is 1. The summed E-state index contributed by atoms with van der Waals surface area (Å²) in [6.07, 6.45) is -2.33. The molecule has 7 heteroatoms. The molecule has 0 saturated carbocycles. The van der Waals surface area contributed by atoms with Crippen LogP contribution in [0.5, 0.6) is 0 Å². The molecule has 0 bridgehead atoms. The van der Waals surface area contributed by atoms with E-state index in [9.17, 15) is 0 Å². The summed E-state index contributed by atoms with van der Waals surface area (Å²) in [5.41, 5.74) is 0. The van der Waals surface area contributed by atoms with Crippen LogP contribution in [0.3, 0.4) is 0 Å². The predicted molar refractivity (Wildman–Crippen MR) is 16.1 cm³/mol. The number of carbonyl (C=O) groups is 2. The zero-order valence-electron chi connectivity index (χ0n) is 5.46. The van der Waals surface area contributed by atoms with Gasteiger partial charge in [-0.1, -0.05) is 0 Å². The van der Waals surface area contributed by atoms with Crippen molar-refractivity contribution in [2.45, 2.75) is 6.92 Å². The summed E-state index contributed by atoms with van der Waals surface area (Å²) in [4.78, 5) is 17.2. The van der Waals surface area contributed by atoms with E-state index in [0.717, 1.165) is 6.92 Å². The van der Waals surface area contributed by atoms with Crippen LogP contribution in [-0.4, -0.2) is 12.1 Å². The van der Waals surface area contributed by atoms with E-state index >= 15 is 0 Å². The summed E-state index contributed by atoms with van der Waals surface area (Å²) >= 11 is 0. The average molecular weight is 344 g/mol. The third-order valence-corrected chi connectivity index (χ3v) is 0. The fourth-order valence-corrected chi connectivity index (χ4v) is 0. The Morgan fingerprint density at radius 1 is 1.00 bits per heavy atom. The molecular formula is C3H3Cd2O5+. The number of carboxylic acids is 1. The molecule has 0 saturated heterocycles. The Bertz CT molecular complexity index is 72.9. The predicted octanol–water partition coefficient (Wildman–Crippen LogP) is -3.70. The van der Waals surface area contributed by atoms with Crippen molar-refractivity contribution in [3.63, 3.8) is 0 Å². The monoisotopic (exact) mass is 347 g/mol. The van der Waals surface area contributed by atoms with Gasteiger partial charge in [-0.25, -0.2) is 0 Å². The molecule has 48 valence electrons. The SMILES string of the molecule is CC(=O)[O-].O=C([O-])[O-].[Cd+2].[Cd+2]. The van der Waals surface area contributed by atoms with Crippen LogP contribution in [0.4, 0.5) is 4.79 Å². The minimum absolute atomic E-state index is 0. The fourth-order valence-electron chi connectivity index (χ4n) is 0. The van der Waals surface area contributed by atoms with Gasteiger partial charge in [-0.3, -0.25) is 0 Å². The molecule has 0 aliphatic rings. The minimum Gasteiger partial charge on any atom is -0.652 e. The van der Waals surface area contributed by atoms with Gasteiger partial charge < -0.3 is 24.9 Å². The first-order valence-electron chi connectivity index (χ1n) is 1.52. The summed E-state index contributed by atoms with van der Waals surface area (Å²) in [7, 11) is 0. The Labute approximate surface area is 97.7 Å². The molecule has 0 aromatic rings. The van der Waals surface area contributed by atoms with Crippen LogP contribution in [0.25, 0.3) is 0 Å². The third-order valence-electron chi connectivity index (χ3n) is 0. The Balaban J connectivity index is -0.0000000300. The standard InChI is InChI=1S/C2H4O2.CH2O3.2Cd/c1-2(3)4;2-1(3)4;;/h1H3,(H,3,4);(H2,2,3,4);;/q;;2*+2/p-3. The van der Waals surface area contributed by atoms with Gasteiger partial charge in [-0.2, -0.15) is 0 Å². The van der Waals surface area contributed by atoms with E-state index in [4.69, 9.17) is 24.9 Å². The van der Waals surface area contributed by atoms with Gasteiger partial charge in [0.2, 0.25) is 0 Å². The number of hydrogen-bond acceptors (Lipinski definition) is 5. The second kappa shape index (κ2) is 16.3. The van der Waals surface area contributed by atoms with Crippen LogP contribution < -0.4 is 15.3 Å². The molecule has 5 nitrogen and oxygen atoms in total. The maximum Gasteiger partial charge on any atom is 2.00 e. The van der Waals surface area contributed by atoms with Crippen LogP contribution in [0.1, 0.15) is 6.92 Å². The van der Waals surface area contributed by atoms with Crippen LogP contribution in [0.15, 0.2) is 0 Å². The van der Waals surface area contributed by atoms with Crippen molar-refractivity contribution < 1.29 is 79.5 Å². The number of carbonyl (C=O) groups excluding carboxylic acids is 2. The van der Waals surface area contributed by atoms with Gasteiger partial charge in [0.05, 0.1) is 0 Å². The van der Waals surface area contributed by atoms with Crippen molar-refractivity contribution in [1.29, 1.82) is 0 Å². The van der Waals surface area contributed by atoms with Crippen LogP contribution in [-0.2, 0) is 59.4 Å². The summed E-state index contributed by atoms with van der Waals surface area (Å²) in [5, 5.41) is 25.6. The van der Waals surface area contributed by atoms with E-state index in [0.29, 0.717) is 0 Å². The van der Waals surface area contributed by atoms with E-state index in [1.54, 1.807) is 0 Å². The Morgan fingerprint density at radius 3 is 1.00 bits per heavy atom. The normalized spacial score (nSPS) is 4.90. The van der Waals surface area contributed by atoms with E-state index in [1.165, 1.54) is 0 Å². The Hall–Kier alpha value is 0.584. The van der Waals surface area contributed by atoms with Crippen molar-refractivity contribution in [2.75, 3.05) is 0 Å². The van der Waals surface area contributed by atoms with Gasteiger partial charge in [-0.15, -0.1) is 0 Å². The summed E-state index contributed by atoms with van der Waals surface area (Å²) in [5.74, 6) is -1.08. The van der Waals surface area contributed by atoms with E-state index < -0.39 is 12.1 Å². The summed E-state index contributed by atoms with van der Waals surface area (Å²) in [6, 6.07) is 0. The van der Waals surface area contributed by atoms with E-state index in [-0.39, 0.29) is 54.6 Å². The number of rotatable bonds is 0. The van der Waals surface area contributed by atoms with Crippen LogP contribution >= 0.6 is 0 Å². The second-order valence-electron chi connectivity index (χ2n) is 0.742. The first-order chi connectivity index (χ1) is 3.46. The first kappa shape index (κ1) is 22.4. The number of carboxylic acid groups (broad SMARTS) is 3. The third kappa shape index (κ3) is 1450. The van der Waals surface area contributed by atoms with Crippen LogP contribution in [0.2, 0.25) is 0 Å². The molecule has 0 aromatic heterocycles. The minimum atomic E-state index is -2.33. The molecule has 0 spiro atoms. The molecule has 0 atom stereocenters. The van der Waals surface area contributed by atoms with Crippen molar-refractivity contribution in [3.05, 3.63) is 0 Å². The van der Waals surface area contributed by atoms with Gasteiger partial charge in [-0.05, 0) is 13.1 Å². The fraction of sp³-hybridized carbons (Fsp3) is 0.333. The van der Waals surface area contributed by atoms with Gasteiger partial charge in [0.25, 0.3) is 0 Å². The molecule has 0 radical (unpaired) electrons. The van der Waals surface area contributed by atoms with E-state index in [2.05, 4.69) is 0 Å². The van der Waals surface area contributed by atoms with Gasteiger partial charge in [0, 0.05) is 5.97 Å². The number of hydrogen-bond donors (Lipinski definition) is 0. The van der Waals surface area contributed by atoms with Gasteiger partial charge in [0.15, 0.2) is 0 Å². The molecule has 0 amide bonds. The average Bonchev–Trinajstić information content (AvgIpc) is 1.25. The topological polar surface area (TPSA) is 103 Å². The summed E-state index contributed by atoms with van der Waals surface area (Å²) < 4.78 is 0.